The molecule has 0 aliphatic heterocycles. The lowest BCUT2D eigenvalue weighted by Gasteiger charge is -2.10. The lowest BCUT2D eigenvalue weighted by atomic mass is 10.2. The Morgan fingerprint density at radius 1 is 1.00 bits per heavy atom. The number of urea groups is 1. The molecule has 0 saturated carbocycles. The predicted octanol–water partition coefficient (Wildman–Crippen LogP) is -0.0645. The van der Waals surface area contributed by atoms with E-state index in [1.165, 1.54) is 4.90 Å². The number of nitrogens with zero attached hydrogens (tertiary/aromatic N) is 1. The summed E-state index contributed by atoms with van der Waals surface area (Å²) in [5, 5.41) is 12.9. The first-order valence-corrected chi connectivity index (χ1v) is 6.32. The molecule has 20 heavy (non-hydrogen) atoms. The highest BCUT2D eigenvalue weighted by Gasteiger charge is 2.09. The van der Waals surface area contributed by atoms with Gasteiger partial charge in [-0.05, 0) is 12.8 Å². The Morgan fingerprint density at radius 3 is 2.15 bits per heavy atom. The maximum atomic E-state index is 11.3. The lowest BCUT2D eigenvalue weighted by Crippen LogP contribution is -2.40. The van der Waals surface area contributed by atoms with Gasteiger partial charge in [-0.3, -0.25) is 19.7 Å². The summed E-state index contributed by atoms with van der Waals surface area (Å²) in [6.45, 7) is 0.148. The Morgan fingerprint density at radius 2 is 1.60 bits per heavy atom. The number of imide groups is 1. The number of hydrogen-bond acceptors (Lipinski definition) is 4. The molecule has 0 saturated heterocycles. The summed E-state index contributed by atoms with van der Waals surface area (Å²) >= 11 is 0. The normalized spacial score (nSPS) is 9.70. The third-order valence-corrected chi connectivity index (χ3v) is 2.42. The minimum Gasteiger partial charge on any atom is -0.481 e. The number of nitrogens with one attached hydrogen (secondary N) is 2. The highest BCUT2D eigenvalue weighted by atomic mass is 16.4. The minimum atomic E-state index is -0.909. The maximum Gasteiger partial charge on any atom is 0.321 e. The molecule has 0 bridgehead atoms. The van der Waals surface area contributed by atoms with E-state index in [0.29, 0.717) is 12.8 Å². The van der Waals surface area contributed by atoms with Crippen molar-refractivity contribution in [2.75, 3.05) is 20.6 Å². The van der Waals surface area contributed by atoms with Gasteiger partial charge in [0.2, 0.25) is 11.8 Å². The monoisotopic (exact) mass is 287 g/mol. The van der Waals surface area contributed by atoms with Crippen molar-refractivity contribution >= 4 is 23.8 Å². The molecule has 0 heterocycles. The molecule has 0 unspecified atom stereocenters. The predicted molar refractivity (Wildman–Crippen MR) is 71.0 cm³/mol. The molecular formula is C12H21N3O5. The average molecular weight is 287 g/mol. The van der Waals surface area contributed by atoms with Crippen molar-refractivity contribution in [3.8, 4) is 0 Å². The molecule has 0 aliphatic carbocycles. The third-order valence-electron chi connectivity index (χ3n) is 2.42. The van der Waals surface area contributed by atoms with Gasteiger partial charge in [0, 0.05) is 39.9 Å². The Bertz CT molecular complexity index is 368. The molecule has 8 heteroatoms. The number of hydrogen-bond donors (Lipinski definition) is 3. The van der Waals surface area contributed by atoms with E-state index in [9.17, 15) is 19.2 Å². The summed E-state index contributed by atoms with van der Waals surface area (Å²) in [6, 6.07) is -0.653. The topological polar surface area (TPSA) is 116 Å². The van der Waals surface area contributed by atoms with Gasteiger partial charge in [0.25, 0.3) is 0 Å². The summed E-state index contributed by atoms with van der Waals surface area (Å²) in [5.74, 6) is -1.49. The molecule has 0 rings (SSSR count). The van der Waals surface area contributed by atoms with Crippen LogP contribution in [0.1, 0.15) is 32.1 Å². The van der Waals surface area contributed by atoms with Gasteiger partial charge in [-0.2, -0.15) is 0 Å². The van der Waals surface area contributed by atoms with Crippen molar-refractivity contribution in [3.63, 3.8) is 0 Å². The van der Waals surface area contributed by atoms with Crippen LogP contribution in [0.2, 0.25) is 0 Å². The van der Waals surface area contributed by atoms with Crippen LogP contribution < -0.4 is 10.6 Å². The highest BCUT2D eigenvalue weighted by Crippen LogP contribution is 1.99. The van der Waals surface area contributed by atoms with Gasteiger partial charge in [-0.25, -0.2) is 4.79 Å². The molecule has 8 nitrogen and oxygen atoms in total. The summed E-state index contributed by atoms with van der Waals surface area (Å²) < 4.78 is 0. The molecule has 114 valence electrons. The van der Waals surface area contributed by atoms with E-state index in [1.807, 2.05) is 0 Å². The van der Waals surface area contributed by atoms with Crippen LogP contribution in [0.25, 0.3) is 0 Å². The van der Waals surface area contributed by atoms with Gasteiger partial charge < -0.3 is 15.3 Å². The zero-order chi connectivity index (χ0) is 15.5. The lowest BCUT2D eigenvalue weighted by molar-refractivity contribution is -0.137. The minimum absolute atomic E-state index is 0.00607. The number of carboxylic acids is 1. The molecule has 0 fully saturated rings. The van der Waals surface area contributed by atoms with Crippen LogP contribution in [-0.4, -0.2) is 54.5 Å². The Kier molecular flexibility index (Phi) is 8.73. The van der Waals surface area contributed by atoms with Gasteiger partial charge >= 0.3 is 12.0 Å². The summed E-state index contributed by atoms with van der Waals surface area (Å²) in [5.41, 5.74) is 0. The van der Waals surface area contributed by atoms with Gasteiger partial charge in [0.05, 0.1) is 0 Å². The first-order valence-electron chi connectivity index (χ1n) is 6.32. The molecule has 0 aromatic heterocycles. The zero-order valence-corrected chi connectivity index (χ0v) is 11.8. The van der Waals surface area contributed by atoms with Crippen LogP contribution in [0.5, 0.6) is 0 Å². The average Bonchev–Trinajstić information content (AvgIpc) is 2.34. The van der Waals surface area contributed by atoms with E-state index >= 15 is 0 Å². The van der Waals surface area contributed by atoms with Crippen molar-refractivity contribution < 1.29 is 24.3 Å². The second-order valence-corrected chi connectivity index (χ2v) is 4.44. The van der Waals surface area contributed by atoms with E-state index in [-0.39, 0.29) is 31.7 Å². The maximum absolute atomic E-state index is 11.3. The van der Waals surface area contributed by atoms with E-state index in [2.05, 4.69) is 10.6 Å². The molecular weight excluding hydrogens is 266 g/mol. The van der Waals surface area contributed by atoms with Crippen LogP contribution in [0, 0.1) is 0 Å². The van der Waals surface area contributed by atoms with Crippen molar-refractivity contribution in [1.29, 1.82) is 0 Å². The number of carbonyl (C=O) groups excluding carboxylic acids is 3. The number of carbonyl (C=O) groups is 4. The molecule has 0 spiro atoms. The van der Waals surface area contributed by atoms with Crippen LogP contribution >= 0.6 is 0 Å². The SMILES string of the molecule is CN(C)C(=O)CCNC(=O)NC(=O)CCCCC(=O)O. The van der Waals surface area contributed by atoms with Crippen molar-refractivity contribution in [2.24, 2.45) is 0 Å². The number of amides is 4. The molecule has 3 N–H and O–H groups in total. The second-order valence-electron chi connectivity index (χ2n) is 4.44. The first kappa shape index (κ1) is 17.9. The Hall–Kier alpha value is -2.12. The summed E-state index contributed by atoms with van der Waals surface area (Å²) in [4.78, 5) is 45.5. The molecule has 0 radical (unpaired) electrons. The summed E-state index contributed by atoms with van der Waals surface area (Å²) in [6.07, 6.45) is 1.06. The van der Waals surface area contributed by atoms with Crippen LogP contribution in [-0.2, 0) is 14.4 Å². The van der Waals surface area contributed by atoms with Crippen LogP contribution in [0.15, 0.2) is 0 Å². The largest absolute Gasteiger partial charge is 0.481 e. The van der Waals surface area contributed by atoms with Gasteiger partial charge in [-0.1, -0.05) is 0 Å². The number of rotatable bonds is 8. The van der Waals surface area contributed by atoms with Crippen molar-refractivity contribution in [2.45, 2.75) is 32.1 Å². The Balaban J connectivity index is 3.67. The molecule has 0 aromatic rings. The Labute approximate surface area is 117 Å². The second kappa shape index (κ2) is 9.76. The standard InChI is InChI=1S/C12H21N3O5/c1-15(2)10(17)7-8-13-12(20)14-9(16)5-3-4-6-11(18)19/h3-8H2,1-2H3,(H,18,19)(H2,13,14,16,20). The number of unbranched alkanes of at least 4 members (excludes halogenated alkanes) is 1. The van der Waals surface area contributed by atoms with Crippen LogP contribution in [0.4, 0.5) is 4.79 Å². The first-order chi connectivity index (χ1) is 9.32. The van der Waals surface area contributed by atoms with E-state index in [4.69, 9.17) is 5.11 Å². The van der Waals surface area contributed by atoms with E-state index in [0.717, 1.165) is 0 Å². The van der Waals surface area contributed by atoms with Crippen molar-refractivity contribution in [1.82, 2.24) is 15.5 Å². The van der Waals surface area contributed by atoms with Gasteiger partial charge in [0.15, 0.2) is 0 Å². The van der Waals surface area contributed by atoms with E-state index < -0.39 is 17.9 Å². The quantitative estimate of drug-likeness (QED) is 0.541. The fourth-order valence-corrected chi connectivity index (χ4v) is 1.30. The van der Waals surface area contributed by atoms with E-state index in [1.54, 1.807) is 14.1 Å². The number of carboxylic acid groups (broad SMARTS) is 1. The molecule has 4 amide bonds. The number of aliphatic carboxylic acids is 1. The summed E-state index contributed by atoms with van der Waals surface area (Å²) in [7, 11) is 3.23. The zero-order valence-electron chi connectivity index (χ0n) is 11.8. The van der Waals surface area contributed by atoms with Crippen molar-refractivity contribution in [3.05, 3.63) is 0 Å². The molecule has 0 aromatic carbocycles. The van der Waals surface area contributed by atoms with Gasteiger partial charge in [0.1, 0.15) is 0 Å². The molecule has 0 aliphatic rings. The smallest absolute Gasteiger partial charge is 0.321 e. The fourth-order valence-electron chi connectivity index (χ4n) is 1.30. The van der Waals surface area contributed by atoms with Gasteiger partial charge in [-0.15, -0.1) is 0 Å². The third kappa shape index (κ3) is 9.86. The van der Waals surface area contributed by atoms with Crippen LogP contribution in [0.3, 0.4) is 0 Å². The fraction of sp³-hybridized carbons (Fsp3) is 0.667. The highest BCUT2D eigenvalue weighted by molar-refractivity contribution is 5.94. The molecule has 0 atom stereocenters.